The molecule has 0 atom stereocenters. The second-order valence-corrected chi connectivity index (χ2v) is 4.31. The number of benzene rings is 1. The molecule has 5 heteroatoms. The van der Waals surface area contributed by atoms with E-state index >= 15 is 0 Å². The van der Waals surface area contributed by atoms with Crippen LogP contribution in [0.15, 0.2) is 36.5 Å². The summed E-state index contributed by atoms with van der Waals surface area (Å²) in [5.74, 6) is 0.409. The topological polar surface area (TPSA) is 51.2 Å². The summed E-state index contributed by atoms with van der Waals surface area (Å²) < 4.78 is 18.2. The van der Waals surface area contributed by atoms with Crippen molar-refractivity contribution in [2.24, 2.45) is 0 Å². The average Bonchev–Trinajstić information content (AvgIpc) is 2.46. The molecule has 1 N–H and O–H groups in total. The maximum atomic E-state index is 13.1. The van der Waals surface area contributed by atoms with Crippen molar-refractivity contribution >= 4 is 11.6 Å². The predicted octanol–water partition coefficient (Wildman–Crippen LogP) is 3.04. The van der Waals surface area contributed by atoms with Gasteiger partial charge < -0.3 is 10.1 Å². The molecule has 0 aliphatic rings. The lowest BCUT2D eigenvalue weighted by Crippen LogP contribution is -2.07. The highest BCUT2D eigenvalue weighted by atomic mass is 19.1. The molecule has 0 spiro atoms. The van der Waals surface area contributed by atoms with E-state index in [1.165, 1.54) is 13.0 Å². The number of carbonyl (C=O) groups is 1. The molecule has 1 heterocycles. The van der Waals surface area contributed by atoms with Crippen LogP contribution in [-0.4, -0.2) is 17.9 Å². The lowest BCUT2D eigenvalue weighted by molar-refractivity contribution is 0.101. The summed E-state index contributed by atoms with van der Waals surface area (Å²) in [6, 6.07) is 8.69. The summed E-state index contributed by atoms with van der Waals surface area (Å²) in [4.78, 5) is 15.4. The normalized spacial score (nSPS) is 10.2. The Morgan fingerprint density at radius 2 is 2.05 bits per heavy atom. The number of hydrogen-bond acceptors (Lipinski definition) is 4. The number of aromatic nitrogens is 1. The van der Waals surface area contributed by atoms with Crippen LogP contribution in [-0.2, 0) is 6.54 Å². The molecule has 0 fully saturated rings. The van der Waals surface area contributed by atoms with Gasteiger partial charge in [0.1, 0.15) is 17.4 Å². The summed E-state index contributed by atoms with van der Waals surface area (Å²) in [6.45, 7) is 1.87. The van der Waals surface area contributed by atoms with Crippen molar-refractivity contribution < 1.29 is 13.9 Å². The number of hydrogen-bond donors (Lipinski definition) is 1. The van der Waals surface area contributed by atoms with Crippen molar-refractivity contribution in [3.05, 3.63) is 53.5 Å². The van der Waals surface area contributed by atoms with Gasteiger partial charge in [0.25, 0.3) is 0 Å². The van der Waals surface area contributed by atoms with Gasteiger partial charge in [-0.05, 0) is 30.7 Å². The first-order valence-corrected chi connectivity index (χ1v) is 6.13. The number of rotatable bonds is 5. The minimum atomic E-state index is -0.523. The lowest BCUT2D eigenvalue weighted by Gasteiger charge is -2.09. The number of nitrogens with zero attached hydrogens (tertiary/aromatic N) is 1. The van der Waals surface area contributed by atoms with E-state index in [0.29, 0.717) is 12.4 Å². The number of carbonyl (C=O) groups excluding carboxylic acids is 1. The zero-order valence-corrected chi connectivity index (χ0v) is 11.3. The fourth-order valence-electron chi connectivity index (χ4n) is 1.78. The fraction of sp³-hybridized carbons (Fsp3) is 0.200. The number of anilines is 1. The molecule has 0 saturated heterocycles. The predicted molar refractivity (Wildman–Crippen MR) is 74.5 cm³/mol. The highest BCUT2D eigenvalue weighted by Crippen LogP contribution is 2.16. The van der Waals surface area contributed by atoms with E-state index in [1.807, 2.05) is 24.3 Å². The monoisotopic (exact) mass is 274 g/mol. The zero-order chi connectivity index (χ0) is 14.5. The van der Waals surface area contributed by atoms with Gasteiger partial charge in [-0.2, -0.15) is 0 Å². The van der Waals surface area contributed by atoms with Crippen LogP contribution in [0.3, 0.4) is 0 Å². The van der Waals surface area contributed by atoms with Gasteiger partial charge in [0.15, 0.2) is 5.78 Å². The smallest absolute Gasteiger partial charge is 0.163 e. The first-order valence-electron chi connectivity index (χ1n) is 6.13. The molecule has 20 heavy (non-hydrogen) atoms. The van der Waals surface area contributed by atoms with Gasteiger partial charge >= 0.3 is 0 Å². The van der Waals surface area contributed by atoms with Gasteiger partial charge in [0, 0.05) is 6.54 Å². The average molecular weight is 274 g/mol. The number of ether oxygens (including phenoxy) is 1. The fourth-order valence-corrected chi connectivity index (χ4v) is 1.78. The molecule has 0 unspecified atom stereocenters. The van der Waals surface area contributed by atoms with E-state index in [0.717, 1.165) is 17.5 Å². The highest BCUT2D eigenvalue weighted by molar-refractivity contribution is 5.98. The summed E-state index contributed by atoms with van der Waals surface area (Å²) in [7, 11) is 1.61. The molecule has 0 bridgehead atoms. The minimum absolute atomic E-state index is 0.228. The van der Waals surface area contributed by atoms with Gasteiger partial charge in [-0.3, -0.25) is 4.79 Å². The maximum absolute atomic E-state index is 13.1. The third kappa shape index (κ3) is 3.32. The van der Waals surface area contributed by atoms with E-state index in [9.17, 15) is 9.18 Å². The molecule has 104 valence electrons. The molecule has 0 aliphatic carbocycles. The Balaban J connectivity index is 2.12. The molecule has 2 aromatic rings. The molecule has 4 nitrogen and oxygen atoms in total. The number of pyridine rings is 1. The van der Waals surface area contributed by atoms with Gasteiger partial charge in [0.05, 0.1) is 18.9 Å². The van der Waals surface area contributed by atoms with E-state index < -0.39 is 5.82 Å². The Kier molecular flexibility index (Phi) is 4.30. The van der Waals surface area contributed by atoms with Gasteiger partial charge in [-0.15, -0.1) is 0 Å². The zero-order valence-electron chi connectivity index (χ0n) is 11.3. The van der Waals surface area contributed by atoms with Crippen molar-refractivity contribution in [3.8, 4) is 5.75 Å². The Morgan fingerprint density at radius 1 is 1.35 bits per heavy atom. The molecule has 2 rings (SSSR count). The van der Waals surface area contributed by atoms with Crippen molar-refractivity contribution in [1.82, 2.24) is 4.98 Å². The van der Waals surface area contributed by atoms with Crippen LogP contribution >= 0.6 is 0 Å². The second kappa shape index (κ2) is 6.14. The Morgan fingerprint density at radius 3 is 2.65 bits per heavy atom. The third-order valence-electron chi connectivity index (χ3n) is 2.85. The summed E-state index contributed by atoms with van der Waals surface area (Å²) in [5, 5.41) is 3.04. The van der Waals surface area contributed by atoms with Crippen molar-refractivity contribution in [1.29, 1.82) is 0 Å². The van der Waals surface area contributed by atoms with Crippen molar-refractivity contribution in [2.45, 2.75) is 13.5 Å². The van der Waals surface area contributed by atoms with E-state index in [-0.39, 0.29) is 11.3 Å². The van der Waals surface area contributed by atoms with Crippen molar-refractivity contribution in [3.63, 3.8) is 0 Å². The molecule has 1 aromatic heterocycles. The number of ketones is 1. The van der Waals surface area contributed by atoms with Crippen LogP contribution in [0.5, 0.6) is 5.75 Å². The second-order valence-electron chi connectivity index (χ2n) is 4.31. The first kappa shape index (κ1) is 14.0. The summed E-state index contributed by atoms with van der Waals surface area (Å²) >= 11 is 0. The molecule has 0 saturated carbocycles. The van der Waals surface area contributed by atoms with Crippen LogP contribution < -0.4 is 10.1 Å². The van der Waals surface area contributed by atoms with E-state index in [1.54, 1.807) is 7.11 Å². The number of nitrogens with one attached hydrogen (secondary N) is 1. The van der Waals surface area contributed by atoms with E-state index in [2.05, 4.69) is 10.3 Å². The molecular formula is C15H15FN2O2. The SMILES string of the molecule is COc1ccc(CNc2ncc(F)cc2C(C)=O)cc1. The van der Waals surface area contributed by atoms with Crippen molar-refractivity contribution in [2.75, 3.05) is 12.4 Å². The third-order valence-corrected chi connectivity index (χ3v) is 2.85. The summed E-state index contributed by atoms with van der Waals surface area (Å²) in [5.41, 5.74) is 1.25. The van der Waals surface area contributed by atoms with Crippen LogP contribution in [0, 0.1) is 5.82 Å². The van der Waals surface area contributed by atoms with Crippen LogP contribution in [0.1, 0.15) is 22.8 Å². The Bertz CT molecular complexity index is 612. The summed E-state index contributed by atoms with van der Waals surface area (Å²) in [6.07, 6.45) is 1.09. The minimum Gasteiger partial charge on any atom is -0.497 e. The molecule has 0 aliphatic heterocycles. The Labute approximate surface area is 116 Å². The number of methoxy groups -OCH3 is 1. The standard InChI is InChI=1S/C15H15FN2O2/c1-10(19)14-7-12(16)9-18-15(14)17-8-11-3-5-13(20-2)6-4-11/h3-7,9H,8H2,1-2H3,(H,17,18). The molecule has 1 aromatic carbocycles. The van der Waals surface area contributed by atoms with Gasteiger partial charge in [-0.25, -0.2) is 9.37 Å². The maximum Gasteiger partial charge on any atom is 0.163 e. The van der Waals surface area contributed by atoms with Crippen LogP contribution in [0.25, 0.3) is 0 Å². The lowest BCUT2D eigenvalue weighted by atomic mass is 10.1. The molecule has 0 radical (unpaired) electrons. The first-order chi connectivity index (χ1) is 9.60. The number of halogens is 1. The molecule has 0 amide bonds. The highest BCUT2D eigenvalue weighted by Gasteiger charge is 2.10. The quantitative estimate of drug-likeness (QED) is 0.851. The largest absolute Gasteiger partial charge is 0.497 e. The number of Topliss-reactive ketones (excluding diaryl/α,β-unsaturated/α-hetero) is 1. The van der Waals surface area contributed by atoms with Crippen LogP contribution in [0.2, 0.25) is 0 Å². The van der Waals surface area contributed by atoms with Gasteiger partial charge in [0.2, 0.25) is 0 Å². The van der Waals surface area contributed by atoms with Crippen LogP contribution in [0.4, 0.5) is 10.2 Å². The Hall–Kier alpha value is -2.43. The van der Waals surface area contributed by atoms with E-state index in [4.69, 9.17) is 4.74 Å². The van der Waals surface area contributed by atoms with Gasteiger partial charge in [-0.1, -0.05) is 12.1 Å². The molecular weight excluding hydrogens is 259 g/mol.